The van der Waals surface area contributed by atoms with Gasteiger partial charge in [-0.25, -0.2) is 19.7 Å². The van der Waals surface area contributed by atoms with E-state index in [0.717, 1.165) is 44.7 Å². The van der Waals surface area contributed by atoms with Crippen molar-refractivity contribution in [2.24, 2.45) is 0 Å². The molecule has 70 heavy (non-hydrogen) atoms. The third kappa shape index (κ3) is 6.90. The SMILES string of the molecule is [C-]#[N+]c1cccc(-c2cc(-c3c(C#N)cc(-c4ccc(-c5ccc(-n6c7ccccc7c7cc(-n8c9ccccc9c9ccccc98)ccc76)cc5)cc4)cc3C#N)nc(-c3cccc([N+]#[C-])c3)n2)c1. The van der Waals surface area contributed by atoms with E-state index in [1.54, 1.807) is 54.6 Å². The fourth-order valence-electron chi connectivity index (χ4n) is 9.80. The van der Waals surface area contributed by atoms with Gasteiger partial charge in [0, 0.05) is 44.0 Å². The zero-order valence-electron chi connectivity index (χ0n) is 37.2. The predicted octanol–water partition coefficient (Wildman–Crippen LogP) is 15.9. The van der Waals surface area contributed by atoms with Gasteiger partial charge in [0.05, 0.1) is 69.9 Å². The van der Waals surface area contributed by atoms with Crippen molar-refractivity contribution in [1.82, 2.24) is 19.1 Å². The van der Waals surface area contributed by atoms with E-state index in [4.69, 9.17) is 23.1 Å². The highest BCUT2D eigenvalue weighted by molar-refractivity contribution is 6.12. The summed E-state index contributed by atoms with van der Waals surface area (Å²) in [5.41, 5.74) is 14.4. The van der Waals surface area contributed by atoms with Crippen molar-refractivity contribution in [3.63, 3.8) is 0 Å². The number of nitriles is 2. The van der Waals surface area contributed by atoms with Crippen molar-refractivity contribution in [3.05, 3.63) is 240 Å². The summed E-state index contributed by atoms with van der Waals surface area (Å²) >= 11 is 0. The maximum absolute atomic E-state index is 10.6. The minimum Gasteiger partial charge on any atom is -0.309 e. The van der Waals surface area contributed by atoms with Crippen LogP contribution in [0.1, 0.15) is 11.1 Å². The molecule has 0 saturated heterocycles. The van der Waals surface area contributed by atoms with E-state index in [-0.39, 0.29) is 11.1 Å². The number of benzene rings is 9. The van der Waals surface area contributed by atoms with Gasteiger partial charge in [-0.3, -0.25) is 0 Å². The molecule has 0 radical (unpaired) electrons. The van der Waals surface area contributed by atoms with Gasteiger partial charge in [0.25, 0.3) is 0 Å². The molecule has 3 aromatic heterocycles. The second-order valence-corrected chi connectivity index (χ2v) is 17.0. The summed E-state index contributed by atoms with van der Waals surface area (Å²) in [6.45, 7) is 15.1. The van der Waals surface area contributed by atoms with E-state index in [1.807, 2.05) is 24.3 Å². The fraction of sp³-hybridized carbons (Fsp3) is 0. The van der Waals surface area contributed by atoms with E-state index in [0.29, 0.717) is 45.3 Å². The lowest BCUT2D eigenvalue weighted by atomic mass is 9.92. The Hall–Kier alpha value is -10.4. The molecule has 0 spiro atoms. The van der Waals surface area contributed by atoms with E-state index < -0.39 is 0 Å². The molecular weight excluding hydrogens is 857 g/mol. The summed E-state index contributed by atoms with van der Waals surface area (Å²) in [4.78, 5) is 16.9. The molecule has 0 amide bonds. The van der Waals surface area contributed by atoms with Gasteiger partial charge in [-0.15, -0.1) is 0 Å². The molecular formula is C62H34N8. The maximum Gasteiger partial charge on any atom is 0.187 e. The molecule has 0 N–H and O–H groups in total. The summed E-state index contributed by atoms with van der Waals surface area (Å²) in [7, 11) is 0. The molecule has 8 nitrogen and oxygen atoms in total. The molecule has 0 aliphatic heterocycles. The molecule has 0 unspecified atom stereocenters. The Morgan fingerprint density at radius 2 is 0.829 bits per heavy atom. The highest BCUT2D eigenvalue weighted by Crippen LogP contribution is 2.39. The Balaban J connectivity index is 0.879. The number of nitrogens with zero attached hydrogens (tertiary/aromatic N) is 8. The Kier molecular flexibility index (Phi) is 9.86. The molecule has 0 fully saturated rings. The van der Waals surface area contributed by atoms with Crippen LogP contribution in [0.15, 0.2) is 206 Å². The van der Waals surface area contributed by atoms with Crippen LogP contribution >= 0.6 is 0 Å². The molecule has 0 aliphatic rings. The van der Waals surface area contributed by atoms with Gasteiger partial charge in [-0.05, 0) is 107 Å². The Morgan fingerprint density at radius 1 is 0.371 bits per heavy atom. The first-order valence-corrected chi connectivity index (χ1v) is 22.6. The second-order valence-electron chi connectivity index (χ2n) is 17.0. The Bertz CT molecular complexity index is 4120. The van der Waals surface area contributed by atoms with Gasteiger partial charge in [-0.2, -0.15) is 10.5 Å². The Morgan fingerprint density at radius 3 is 1.40 bits per heavy atom. The van der Waals surface area contributed by atoms with Gasteiger partial charge in [-0.1, -0.05) is 127 Å². The van der Waals surface area contributed by atoms with Crippen molar-refractivity contribution in [1.29, 1.82) is 10.5 Å². The standard InChI is InChI=1S/C62H34N8/c1-65-47-13-9-11-42(33-47)55-36-56(68-62(67-55)43-12-10-14-48(34-43)66-2)61-45(37-63)31-44(32-46(61)38-64)41-23-21-39(22-24-41)40-25-27-49(28-26-40)69-59-20-8-5-17-53(59)54-35-50(29-30-60(54)69)70-57-18-6-3-15-51(57)52-16-4-7-19-58(52)70/h3-36H. The zero-order valence-corrected chi connectivity index (χ0v) is 37.2. The minimum absolute atomic E-state index is 0.280. The molecule has 0 saturated carbocycles. The highest BCUT2D eigenvalue weighted by Gasteiger charge is 2.20. The lowest BCUT2D eigenvalue weighted by molar-refractivity contribution is 1.17. The zero-order chi connectivity index (χ0) is 47.3. The first-order valence-electron chi connectivity index (χ1n) is 22.6. The average molecular weight is 891 g/mol. The molecule has 0 bridgehead atoms. The van der Waals surface area contributed by atoms with Gasteiger partial charge in [0.2, 0.25) is 0 Å². The highest BCUT2D eigenvalue weighted by atomic mass is 15.0. The topological polar surface area (TPSA) is 91.9 Å². The van der Waals surface area contributed by atoms with Crippen LogP contribution in [0, 0.1) is 35.8 Å². The number of rotatable bonds is 7. The summed E-state index contributed by atoms with van der Waals surface area (Å²) in [6.07, 6.45) is 0. The van der Waals surface area contributed by atoms with Crippen LogP contribution in [-0.4, -0.2) is 19.1 Å². The molecule has 322 valence electrons. The lowest BCUT2D eigenvalue weighted by Crippen LogP contribution is -1.99. The van der Waals surface area contributed by atoms with Gasteiger partial charge < -0.3 is 9.13 Å². The van der Waals surface area contributed by atoms with E-state index in [2.05, 4.69) is 158 Å². The maximum atomic E-state index is 10.6. The predicted molar refractivity (Wildman–Crippen MR) is 280 cm³/mol. The second kappa shape index (κ2) is 16.8. The lowest BCUT2D eigenvalue weighted by Gasteiger charge is -2.14. The quantitative estimate of drug-likeness (QED) is 0.149. The molecule has 8 heteroatoms. The number of para-hydroxylation sites is 3. The fourth-order valence-corrected chi connectivity index (χ4v) is 9.80. The van der Waals surface area contributed by atoms with Crippen LogP contribution in [0.3, 0.4) is 0 Å². The summed E-state index contributed by atoms with van der Waals surface area (Å²) in [6, 6.07) is 73.4. The molecule has 0 aliphatic carbocycles. The summed E-state index contributed by atoms with van der Waals surface area (Å²) in [5, 5.41) is 26.1. The molecule has 12 rings (SSSR count). The van der Waals surface area contributed by atoms with Crippen molar-refractivity contribution >= 4 is 55.0 Å². The monoisotopic (exact) mass is 890 g/mol. The first-order chi connectivity index (χ1) is 34.5. The number of aromatic nitrogens is 4. The molecule has 12 aromatic rings. The normalized spacial score (nSPS) is 11.1. The molecule has 3 heterocycles. The van der Waals surface area contributed by atoms with E-state index in [9.17, 15) is 10.5 Å². The number of hydrogen-bond donors (Lipinski definition) is 0. The van der Waals surface area contributed by atoms with Crippen LogP contribution in [0.4, 0.5) is 11.4 Å². The van der Waals surface area contributed by atoms with Crippen molar-refractivity contribution in [2.75, 3.05) is 0 Å². The largest absolute Gasteiger partial charge is 0.309 e. The van der Waals surface area contributed by atoms with Crippen molar-refractivity contribution < 1.29 is 0 Å². The average Bonchev–Trinajstić information content (AvgIpc) is 3.95. The number of hydrogen-bond acceptors (Lipinski definition) is 4. The van der Waals surface area contributed by atoms with Crippen LogP contribution in [-0.2, 0) is 0 Å². The van der Waals surface area contributed by atoms with Gasteiger partial charge in [0.1, 0.15) is 0 Å². The third-order valence-electron chi connectivity index (χ3n) is 13.0. The van der Waals surface area contributed by atoms with E-state index in [1.165, 1.54) is 32.6 Å². The van der Waals surface area contributed by atoms with Crippen molar-refractivity contribution in [3.8, 4) is 79.7 Å². The van der Waals surface area contributed by atoms with Gasteiger partial charge in [0.15, 0.2) is 17.2 Å². The third-order valence-corrected chi connectivity index (χ3v) is 13.0. The van der Waals surface area contributed by atoms with E-state index >= 15 is 0 Å². The summed E-state index contributed by atoms with van der Waals surface area (Å²) in [5.74, 6) is 0.326. The smallest absolute Gasteiger partial charge is 0.187 e. The van der Waals surface area contributed by atoms with Crippen molar-refractivity contribution in [2.45, 2.75) is 0 Å². The minimum atomic E-state index is 0.280. The van der Waals surface area contributed by atoms with Gasteiger partial charge >= 0.3 is 0 Å². The van der Waals surface area contributed by atoms with Crippen LogP contribution in [0.5, 0.6) is 0 Å². The van der Waals surface area contributed by atoms with Crippen LogP contribution in [0.25, 0.3) is 121 Å². The van der Waals surface area contributed by atoms with Crippen LogP contribution < -0.4 is 0 Å². The Labute approximate surface area is 402 Å². The van der Waals surface area contributed by atoms with Crippen LogP contribution in [0.2, 0.25) is 0 Å². The number of fused-ring (bicyclic) bond motifs is 6. The molecule has 9 aromatic carbocycles. The first kappa shape index (κ1) is 41.1. The summed E-state index contributed by atoms with van der Waals surface area (Å²) < 4.78 is 4.70. The molecule has 0 atom stereocenters.